The van der Waals surface area contributed by atoms with E-state index in [9.17, 15) is 0 Å². The van der Waals surface area contributed by atoms with Gasteiger partial charge in [-0.15, -0.1) is 0 Å². The Balaban J connectivity index is 1.22. The SMILES string of the molecule is CCN(CC)c1ccc(C=Nc2ccc(C3(c4ccc(N=Cc5ccc(N(CC)CC)cc5)cc4)c4ccccc4-c4ccccc43)cc2)cc1. The summed E-state index contributed by atoms with van der Waals surface area (Å²) in [6, 6.07) is 52.6. The van der Waals surface area contributed by atoms with Gasteiger partial charge in [-0.3, -0.25) is 9.98 Å². The Bertz CT molecular complexity index is 1960. The molecule has 0 bridgehead atoms. The lowest BCUT2D eigenvalue weighted by Gasteiger charge is -2.34. The number of nitrogens with zero attached hydrogens (tertiary/aromatic N) is 4. The second kappa shape index (κ2) is 15.0. The van der Waals surface area contributed by atoms with Crippen LogP contribution in [0.25, 0.3) is 11.1 Å². The van der Waals surface area contributed by atoms with E-state index < -0.39 is 5.41 Å². The molecular formula is C47H46N4. The van der Waals surface area contributed by atoms with Crippen molar-refractivity contribution in [3.05, 3.63) is 179 Å². The van der Waals surface area contributed by atoms with Crippen molar-refractivity contribution < 1.29 is 0 Å². The Hall–Kier alpha value is -5.74. The molecule has 0 unspecified atom stereocenters. The summed E-state index contributed by atoms with van der Waals surface area (Å²) in [5.74, 6) is 0. The van der Waals surface area contributed by atoms with Crippen LogP contribution in [0.4, 0.5) is 22.7 Å². The van der Waals surface area contributed by atoms with Gasteiger partial charge < -0.3 is 9.80 Å². The molecule has 0 N–H and O–H groups in total. The highest BCUT2D eigenvalue weighted by molar-refractivity contribution is 5.87. The molecule has 1 aliphatic carbocycles. The predicted molar refractivity (Wildman–Crippen MR) is 218 cm³/mol. The smallest absolute Gasteiger partial charge is 0.0713 e. The van der Waals surface area contributed by atoms with E-state index in [1.54, 1.807) is 0 Å². The molecule has 4 nitrogen and oxygen atoms in total. The van der Waals surface area contributed by atoms with Crippen LogP contribution in [0.3, 0.4) is 0 Å². The molecule has 0 saturated carbocycles. The summed E-state index contributed by atoms with van der Waals surface area (Å²) in [7, 11) is 0. The van der Waals surface area contributed by atoms with E-state index in [0.717, 1.165) is 48.7 Å². The first-order chi connectivity index (χ1) is 25.1. The number of benzene rings is 6. The van der Waals surface area contributed by atoms with Crippen molar-refractivity contribution in [2.24, 2.45) is 9.98 Å². The minimum atomic E-state index is -0.474. The number of anilines is 2. The largest absolute Gasteiger partial charge is 0.372 e. The number of hydrogen-bond donors (Lipinski definition) is 0. The van der Waals surface area contributed by atoms with Crippen molar-refractivity contribution in [2.75, 3.05) is 36.0 Å². The average Bonchev–Trinajstić information content (AvgIpc) is 3.50. The van der Waals surface area contributed by atoms with Gasteiger partial charge in [0.15, 0.2) is 0 Å². The zero-order chi connectivity index (χ0) is 35.2. The van der Waals surface area contributed by atoms with Gasteiger partial charge in [0.2, 0.25) is 0 Å². The van der Waals surface area contributed by atoms with Gasteiger partial charge >= 0.3 is 0 Å². The van der Waals surface area contributed by atoms with Crippen molar-refractivity contribution >= 4 is 35.2 Å². The molecule has 0 heterocycles. The molecule has 7 rings (SSSR count). The van der Waals surface area contributed by atoms with Crippen LogP contribution in [0.2, 0.25) is 0 Å². The molecule has 0 radical (unpaired) electrons. The first kappa shape index (κ1) is 33.7. The van der Waals surface area contributed by atoms with Crippen LogP contribution in [-0.4, -0.2) is 38.6 Å². The molecule has 0 aliphatic heterocycles. The first-order valence-electron chi connectivity index (χ1n) is 18.3. The van der Waals surface area contributed by atoms with Gasteiger partial charge in [-0.25, -0.2) is 0 Å². The molecular weight excluding hydrogens is 621 g/mol. The van der Waals surface area contributed by atoms with Crippen LogP contribution in [-0.2, 0) is 5.41 Å². The van der Waals surface area contributed by atoms with Gasteiger partial charge in [0.1, 0.15) is 0 Å². The molecule has 0 aromatic heterocycles. The number of hydrogen-bond acceptors (Lipinski definition) is 4. The van der Waals surface area contributed by atoms with Crippen molar-refractivity contribution in [3.8, 4) is 11.1 Å². The minimum absolute atomic E-state index is 0.474. The average molecular weight is 667 g/mol. The Morgan fingerprint density at radius 3 is 1.14 bits per heavy atom. The monoisotopic (exact) mass is 666 g/mol. The lowest BCUT2D eigenvalue weighted by atomic mass is 9.67. The fourth-order valence-corrected chi connectivity index (χ4v) is 7.64. The summed E-state index contributed by atoms with van der Waals surface area (Å²) in [6.45, 7) is 12.7. The maximum atomic E-state index is 4.87. The summed E-state index contributed by atoms with van der Waals surface area (Å²) in [4.78, 5) is 14.4. The lowest BCUT2D eigenvalue weighted by molar-refractivity contribution is 0.768. The molecule has 6 aromatic rings. The molecule has 0 spiro atoms. The van der Waals surface area contributed by atoms with Crippen LogP contribution in [0.1, 0.15) is 61.1 Å². The van der Waals surface area contributed by atoms with Crippen molar-refractivity contribution in [1.82, 2.24) is 0 Å². The molecule has 1 aliphatic rings. The van der Waals surface area contributed by atoms with E-state index in [4.69, 9.17) is 9.98 Å². The van der Waals surface area contributed by atoms with Crippen LogP contribution < -0.4 is 9.80 Å². The summed E-state index contributed by atoms with van der Waals surface area (Å²) in [5, 5.41) is 0. The van der Waals surface area contributed by atoms with E-state index in [1.165, 1.54) is 44.8 Å². The van der Waals surface area contributed by atoms with Gasteiger partial charge in [0.25, 0.3) is 0 Å². The number of rotatable bonds is 12. The van der Waals surface area contributed by atoms with E-state index in [2.05, 4.69) is 183 Å². The molecule has 0 amide bonds. The second-order valence-corrected chi connectivity index (χ2v) is 13.0. The van der Waals surface area contributed by atoms with Gasteiger partial charge in [0, 0.05) is 50.0 Å². The van der Waals surface area contributed by atoms with Crippen LogP contribution in [0, 0.1) is 0 Å². The molecule has 51 heavy (non-hydrogen) atoms. The molecule has 4 heteroatoms. The fourth-order valence-electron chi connectivity index (χ4n) is 7.64. The summed E-state index contributed by atoms with van der Waals surface area (Å²) in [5.41, 5.74) is 13.6. The van der Waals surface area contributed by atoms with Gasteiger partial charge in [0.05, 0.1) is 16.8 Å². The third-order valence-corrected chi connectivity index (χ3v) is 10.3. The highest BCUT2D eigenvalue weighted by Gasteiger charge is 2.45. The van der Waals surface area contributed by atoms with Crippen molar-refractivity contribution in [2.45, 2.75) is 33.1 Å². The van der Waals surface area contributed by atoms with Crippen LogP contribution in [0.15, 0.2) is 156 Å². The van der Waals surface area contributed by atoms with E-state index in [-0.39, 0.29) is 0 Å². The second-order valence-electron chi connectivity index (χ2n) is 13.0. The van der Waals surface area contributed by atoms with Crippen molar-refractivity contribution in [1.29, 1.82) is 0 Å². The predicted octanol–water partition coefficient (Wildman–Crippen LogP) is 11.2. The van der Waals surface area contributed by atoms with Crippen molar-refractivity contribution in [3.63, 3.8) is 0 Å². The molecule has 0 saturated heterocycles. The van der Waals surface area contributed by atoms with Gasteiger partial charge in [-0.05, 0) is 121 Å². The zero-order valence-electron chi connectivity index (χ0n) is 30.1. The van der Waals surface area contributed by atoms with Crippen LogP contribution >= 0.6 is 0 Å². The minimum Gasteiger partial charge on any atom is -0.372 e. The normalized spacial score (nSPS) is 13.0. The highest BCUT2D eigenvalue weighted by atomic mass is 15.1. The standard InChI is InChI=1S/C47H46N4/c1-5-50(6-2)41-29-17-35(18-30-41)33-48-39-25-21-37(22-26-39)47(45-15-11-9-13-43(45)44-14-10-12-16-46(44)47)38-23-27-40(28-24-38)49-34-36-19-31-42(32-20-36)51(7-3)8-4/h9-34H,5-8H2,1-4H3. The zero-order valence-corrected chi connectivity index (χ0v) is 30.1. The Kier molecular flexibility index (Phi) is 9.94. The third kappa shape index (κ3) is 6.50. The van der Waals surface area contributed by atoms with E-state index in [0.29, 0.717) is 0 Å². The molecule has 0 atom stereocenters. The molecule has 6 aromatic carbocycles. The first-order valence-corrected chi connectivity index (χ1v) is 18.3. The number of aliphatic imine (C=N–C) groups is 2. The third-order valence-electron chi connectivity index (χ3n) is 10.3. The highest BCUT2D eigenvalue weighted by Crippen LogP contribution is 2.56. The van der Waals surface area contributed by atoms with E-state index in [1.807, 2.05) is 12.4 Å². The van der Waals surface area contributed by atoms with E-state index >= 15 is 0 Å². The summed E-state index contributed by atoms with van der Waals surface area (Å²) >= 11 is 0. The van der Waals surface area contributed by atoms with Crippen LogP contribution in [0.5, 0.6) is 0 Å². The summed E-state index contributed by atoms with van der Waals surface area (Å²) in [6.07, 6.45) is 3.91. The maximum absolute atomic E-state index is 4.87. The Labute approximate surface area is 303 Å². The molecule has 0 fully saturated rings. The molecule has 254 valence electrons. The number of fused-ring (bicyclic) bond motifs is 3. The topological polar surface area (TPSA) is 31.2 Å². The Morgan fingerprint density at radius 1 is 0.431 bits per heavy atom. The summed E-state index contributed by atoms with van der Waals surface area (Å²) < 4.78 is 0. The van der Waals surface area contributed by atoms with Gasteiger partial charge in [-0.1, -0.05) is 97.1 Å². The lowest BCUT2D eigenvalue weighted by Crippen LogP contribution is -2.28. The quantitative estimate of drug-likeness (QED) is 0.122. The fraction of sp³-hybridized carbons (Fsp3) is 0.191. The maximum Gasteiger partial charge on any atom is 0.0713 e. The van der Waals surface area contributed by atoms with Gasteiger partial charge in [-0.2, -0.15) is 0 Å². The Morgan fingerprint density at radius 2 is 0.784 bits per heavy atom.